The lowest BCUT2D eigenvalue weighted by molar-refractivity contribution is -0.121. The number of rotatable bonds is 26. The minimum atomic E-state index is -4.13. The lowest BCUT2D eigenvalue weighted by Gasteiger charge is -2.21. The van der Waals surface area contributed by atoms with E-state index < -0.39 is 35.4 Å². The first-order valence-corrected chi connectivity index (χ1v) is 30.0. The van der Waals surface area contributed by atoms with Gasteiger partial charge in [0.2, 0.25) is 11.8 Å². The number of carbonyl (C=O) groups excluding carboxylic acids is 4. The van der Waals surface area contributed by atoms with Crippen LogP contribution in [0.4, 0.5) is 0 Å². The summed E-state index contributed by atoms with van der Waals surface area (Å²) in [5.74, 6) is 0.234. The summed E-state index contributed by atoms with van der Waals surface area (Å²) in [5.41, 5.74) is 6.95. The number of phenols is 1. The summed E-state index contributed by atoms with van der Waals surface area (Å²) in [4.78, 5) is 66.3. The maximum atomic E-state index is 12.7. The van der Waals surface area contributed by atoms with Crippen molar-refractivity contribution in [3.05, 3.63) is 67.8 Å². The maximum absolute atomic E-state index is 12.7. The molecule has 18 nitrogen and oxygen atoms in total. The molecule has 0 fully saturated rings. The highest BCUT2D eigenvalue weighted by Gasteiger charge is 2.34. The van der Waals surface area contributed by atoms with E-state index in [-0.39, 0.29) is 81.2 Å². The molecule has 0 atom stereocenters. The van der Waals surface area contributed by atoms with Crippen molar-refractivity contribution in [3.8, 4) is 23.0 Å². The first-order valence-electron chi connectivity index (χ1n) is 22.8. The van der Waals surface area contributed by atoms with Crippen LogP contribution in [0.1, 0.15) is 107 Å². The number of carbonyl (C=O) groups is 4. The van der Waals surface area contributed by atoms with Gasteiger partial charge in [-0.25, -0.2) is 9.59 Å². The van der Waals surface area contributed by atoms with Gasteiger partial charge in [0.05, 0.1) is 46.4 Å². The van der Waals surface area contributed by atoms with Gasteiger partial charge in [-0.15, -0.1) is 0 Å². The molecule has 68 heavy (non-hydrogen) atoms. The SMILES string of the molecule is CCOP(=O)(CCNC(=O)CC/C(C)=C/Cc1c(OC)c(C)c2c(c1OCC[Si](C)(C)C)C(=O)OC2)OCC.COc1c(C)c2c(c(O)c1C/C=C(\C)CCC(=O)NCCP(=O)(O)O)C(=O)OC2. The Balaban J connectivity index is 0.000000376. The van der Waals surface area contributed by atoms with E-state index in [2.05, 4.69) is 30.3 Å². The van der Waals surface area contributed by atoms with Gasteiger partial charge < -0.3 is 58.3 Å². The summed E-state index contributed by atoms with van der Waals surface area (Å²) in [6.07, 6.45) is 5.88. The van der Waals surface area contributed by atoms with E-state index in [1.807, 2.05) is 32.9 Å². The Bertz CT molecular complexity index is 2290. The number of fused-ring (bicyclic) bond motifs is 2. The Kier molecular flexibility index (Phi) is 22.5. The highest BCUT2D eigenvalue weighted by Crippen LogP contribution is 2.47. The molecule has 0 bridgehead atoms. The van der Waals surface area contributed by atoms with Crippen molar-refractivity contribution < 1.29 is 75.9 Å². The second-order valence-corrected chi connectivity index (χ2v) is 27.3. The number of cyclic esters (lactones) is 2. The summed E-state index contributed by atoms with van der Waals surface area (Å²) in [6.45, 7) is 19.5. The number of hydrogen-bond donors (Lipinski definition) is 5. The minimum Gasteiger partial charge on any atom is -0.507 e. The molecule has 0 spiro atoms. The molecule has 0 aliphatic carbocycles. The Hall–Kier alpha value is -4.48. The third kappa shape index (κ3) is 17.2. The average molecular weight is 1010 g/mol. The van der Waals surface area contributed by atoms with Crippen molar-refractivity contribution in [3.63, 3.8) is 0 Å². The van der Waals surface area contributed by atoms with Crippen LogP contribution in [-0.4, -0.2) is 106 Å². The minimum absolute atomic E-state index is 0.0819. The highest BCUT2D eigenvalue weighted by atomic mass is 31.2. The number of allylic oxidation sites excluding steroid dienone is 4. The summed E-state index contributed by atoms with van der Waals surface area (Å²) in [7, 11) is -5.54. The summed E-state index contributed by atoms with van der Waals surface area (Å²) in [5, 5.41) is 15.8. The number of aromatic hydroxyl groups is 1. The second kappa shape index (κ2) is 26.5. The molecule has 2 aromatic carbocycles. The molecule has 2 heterocycles. The fraction of sp³-hybridized carbons (Fsp3) is 0.574. The van der Waals surface area contributed by atoms with Crippen LogP contribution in [0.15, 0.2) is 23.3 Å². The number of benzene rings is 2. The molecule has 21 heteroatoms. The second-order valence-electron chi connectivity index (χ2n) is 17.7. The van der Waals surface area contributed by atoms with Crippen LogP contribution in [-0.2, 0) is 63.3 Å². The molecule has 2 aliphatic rings. The quantitative estimate of drug-likeness (QED) is 0.0259. The molecule has 0 aromatic heterocycles. The molecule has 2 amide bonds. The average Bonchev–Trinajstić information content (AvgIpc) is 3.85. The molecule has 380 valence electrons. The van der Waals surface area contributed by atoms with Crippen molar-refractivity contribution >= 4 is 47.0 Å². The molecule has 2 aromatic rings. The van der Waals surface area contributed by atoms with Crippen molar-refractivity contribution in [2.45, 2.75) is 119 Å². The number of amides is 2. The number of hydrogen-bond acceptors (Lipinski definition) is 14. The summed E-state index contributed by atoms with van der Waals surface area (Å²) in [6, 6.07) is 0.959. The third-order valence-corrected chi connectivity index (χ3v) is 15.8. The number of ether oxygens (including phenoxy) is 5. The van der Waals surface area contributed by atoms with Gasteiger partial charge in [-0.05, 0) is 84.4 Å². The molecule has 0 radical (unpaired) electrons. The zero-order chi connectivity index (χ0) is 51.0. The zero-order valence-corrected chi connectivity index (χ0v) is 44.3. The van der Waals surface area contributed by atoms with Gasteiger partial charge in [0, 0.05) is 56.3 Å². The van der Waals surface area contributed by atoms with Crippen molar-refractivity contribution in [2.24, 2.45) is 0 Å². The summed E-state index contributed by atoms with van der Waals surface area (Å²) < 4.78 is 61.7. The van der Waals surface area contributed by atoms with E-state index in [1.54, 1.807) is 27.9 Å². The van der Waals surface area contributed by atoms with Crippen LogP contribution in [0.25, 0.3) is 0 Å². The van der Waals surface area contributed by atoms with E-state index in [0.717, 1.165) is 39.4 Å². The normalized spacial score (nSPS) is 13.8. The van der Waals surface area contributed by atoms with Crippen LogP contribution in [0.3, 0.4) is 0 Å². The predicted molar refractivity (Wildman–Crippen MR) is 261 cm³/mol. The molecular formula is C47H72N2O16P2Si. The van der Waals surface area contributed by atoms with Gasteiger partial charge in [0.25, 0.3) is 0 Å². The van der Waals surface area contributed by atoms with Gasteiger partial charge in [-0.2, -0.15) is 0 Å². The third-order valence-electron chi connectivity index (χ3n) is 11.3. The fourth-order valence-electron chi connectivity index (χ4n) is 7.44. The molecule has 0 saturated carbocycles. The zero-order valence-electron chi connectivity index (χ0n) is 41.5. The van der Waals surface area contributed by atoms with E-state index >= 15 is 0 Å². The topological polar surface area (TPSA) is 252 Å². The first-order chi connectivity index (χ1) is 31.9. The van der Waals surface area contributed by atoms with Crippen LogP contribution in [0, 0.1) is 13.8 Å². The number of esters is 2. The van der Waals surface area contributed by atoms with Crippen LogP contribution >= 0.6 is 15.2 Å². The van der Waals surface area contributed by atoms with Gasteiger partial charge in [0.1, 0.15) is 47.3 Å². The molecular weight excluding hydrogens is 939 g/mol. The molecule has 5 N–H and O–H groups in total. The lowest BCUT2D eigenvalue weighted by atomic mass is 9.94. The molecule has 0 unspecified atom stereocenters. The van der Waals surface area contributed by atoms with E-state index in [1.165, 1.54) is 7.11 Å². The van der Waals surface area contributed by atoms with E-state index in [4.69, 9.17) is 42.5 Å². The van der Waals surface area contributed by atoms with E-state index in [0.29, 0.717) is 72.6 Å². The van der Waals surface area contributed by atoms with Crippen molar-refractivity contribution in [2.75, 3.05) is 59.5 Å². The standard InChI is InChI=1S/C28H46NO8PSi.C19H26NO8P/c1-9-36-38(32,37-10-2)17-15-29-24(30)14-12-20(3)11-13-22-26(33-5)21(4)23-19-35-28(31)25(23)27(22)34-16-18-39(6,7)8;1-11(5-7-15(21)20-8-9-29(24,25)26)4-6-13-17(22)16-14(10-28-19(16)23)12(2)18(13)27-3/h11H,9-10,12-19H2,1-8H3,(H,29,30);4,22H,5-10H2,1-3H3,(H,20,21)(H2,24,25,26)/b20-11+;11-4+. The largest absolute Gasteiger partial charge is 0.507 e. The number of phenolic OH excluding ortho intramolecular Hbond substituents is 1. The van der Waals surface area contributed by atoms with Crippen LogP contribution in [0.5, 0.6) is 23.0 Å². The number of methoxy groups -OCH3 is 2. The first kappa shape index (κ1) is 57.8. The Morgan fingerprint density at radius 3 is 1.65 bits per heavy atom. The van der Waals surface area contributed by atoms with Crippen LogP contribution < -0.4 is 24.8 Å². The van der Waals surface area contributed by atoms with Gasteiger partial charge in [-0.3, -0.25) is 18.7 Å². The Labute approximate surface area is 401 Å². The predicted octanol–water partition coefficient (Wildman–Crippen LogP) is 7.98. The van der Waals surface area contributed by atoms with Crippen molar-refractivity contribution in [1.29, 1.82) is 0 Å². The smallest absolute Gasteiger partial charge is 0.342 e. The monoisotopic (exact) mass is 1010 g/mol. The van der Waals surface area contributed by atoms with Gasteiger partial charge in [-0.1, -0.05) is 42.9 Å². The Morgan fingerprint density at radius 2 is 1.18 bits per heavy atom. The van der Waals surface area contributed by atoms with Crippen molar-refractivity contribution in [1.82, 2.24) is 10.6 Å². The number of nitrogens with one attached hydrogen (secondary N) is 2. The Morgan fingerprint density at radius 1 is 0.721 bits per heavy atom. The summed E-state index contributed by atoms with van der Waals surface area (Å²) >= 11 is 0. The van der Waals surface area contributed by atoms with Gasteiger partial charge in [0.15, 0.2) is 0 Å². The van der Waals surface area contributed by atoms with E-state index in [9.17, 15) is 33.4 Å². The lowest BCUT2D eigenvalue weighted by Crippen LogP contribution is -2.26. The van der Waals surface area contributed by atoms with Crippen LogP contribution in [0.2, 0.25) is 25.7 Å². The fourth-order valence-corrected chi connectivity index (χ4v) is 10.1. The highest BCUT2D eigenvalue weighted by molar-refractivity contribution is 7.53. The molecule has 4 rings (SSSR count). The molecule has 0 saturated heterocycles. The molecule has 2 aliphatic heterocycles. The van der Waals surface area contributed by atoms with Gasteiger partial charge >= 0.3 is 27.1 Å². The maximum Gasteiger partial charge on any atom is 0.342 e.